The van der Waals surface area contributed by atoms with Crippen LogP contribution in [0.2, 0.25) is 0 Å². The van der Waals surface area contributed by atoms with E-state index < -0.39 is 0 Å². The summed E-state index contributed by atoms with van der Waals surface area (Å²) in [6.07, 6.45) is 0. The largest absolute Gasteiger partial charge is 0.452 e. The molecular formula is C47H31N3O. The standard InChI is InChI=1S/C47H31N3O/c1-27-32-15-5-7-17-34(32)38-26-40-43(42(28(38)2)35-18-8-6-16-33(27)35)36-19-9-11-21-39(36)50(40)47-48-44(31-24-23-29-13-3-4-14-30(29)25-31)46-45(49-47)37-20-10-12-22-41(37)51-46/h3-27H,1-2H3. The second-order valence-corrected chi connectivity index (χ2v) is 13.8. The number of para-hydroxylation sites is 2. The Labute approximate surface area is 294 Å². The van der Waals surface area contributed by atoms with E-state index in [4.69, 9.17) is 14.4 Å². The fourth-order valence-electron chi connectivity index (χ4n) is 8.66. The van der Waals surface area contributed by atoms with Gasteiger partial charge in [0, 0.05) is 27.6 Å². The Morgan fingerprint density at radius 1 is 0.588 bits per heavy atom. The van der Waals surface area contributed by atoms with E-state index in [-0.39, 0.29) is 5.92 Å². The molecule has 0 N–H and O–H groups in total. The molecule has 240 valence electrons. The smallest absolute Gasteiger partial charge is 0.236 e. The second kappa shape index (κ2) is 10.5. The SMILES string of the molecule is Cc1c2cc3c(c1-c1ccccc1C(C)c1ccccc1-2)c1ccccc1n3-c1nc(-c2ccc3ccccc3c2)c2oc3ccccc3c2n1. The van der Waals surface area contributed by atoms with Crippen LogP contribution in [0.25, 0.3) is 94.1 Å². The summed E-state index contributed by atoms with van der Waals surface area (Å²) in [5.41, 5.74) is 15.2. The Bertz CT molecular complexity index is 3070. The van der Waals surface area contributed by atoms with Crippen molar-refractivity contribution in [2.45, 2.75) is 19.8 Å². The van der Waals surface area contributed by atoms with Gasteiger partial charge in [-0.2, -0.15) is 0 Å². The zero-order chi connectivity index (χ0) is 33.8. The van der Waals surface area contributed by atoms with E-state index in [1.54, 1.807) is 0 Å². The van der Waals surface area contributed by atoms with E-state index in [0.717, 1.165) is 44.2 Å². The molecule has 0 saturated carbocycles. The topological polar surface area (TPSA) is 43.9 Å². The maximum Gasteiger partial charge on any atom is 0.236 e. The molecule has 0 radical (unpaired) electrons. The molecule has 0 amide bonds. The number of fused-ring (bicyclic) bond motifs is 14. The molecule has 1 unspecified atom stereocenters. The minimum atomic E-state index is 0.239. The Balaban J connectivity index is 1.31. The first kappa shape index (κ1) is 28.3. The van der Waals surface area contributed by atoms with Crippen LogP contribution in [-0.4, -0.2) is 14.5 Å². The molecule has 7 aromatic carbocycles. The minimum Gasteiger partial charge on any atom is -0.452 e. The van der Waals surface area contributed by atoms with Gasteiger partial charge in [0.15, 0.2) is 5.58 Å². The van der Waals surface area contributed by atoms with Crippen LogP contribution < -0.4 is 0 Å². The highest BCUT2D eigenvalue weighted by molar-refractivity contribution is 6.18. The Morgan fingerprint density at radius 2 is 1.27 bits per heavy atom. The summed E-state index contributed by atoms with van der Waals surface area (Å²) in [5.74, 6) is 0.861. The molecule has 1 aliphatic carbocycles. The lowest BCUT2D eigenvalue weighted by atomic mass is 9.77. The molecule has 11 rings (SSSR count). The molecule has 10 aromatic rings. The second-order valence-electron chi connectivity index (χ2n) is 13.8. The number of nitrogens with zero attached hydrogens (tertiary/aromatic N) is 3. The fraction of sp³-hybridized carbons (Fsp3) is 0.0638. The van der Waals surface area contributed by atoms with Crippen LogP contribution in [0.5, 0.6) is 0 Å². The van der Waals surface area contributed by atoms with Gasteiger partial charge in [-0.15, -0.1) is 0 Å². The monoisotopic (exact) mass is 653 g/mol. The maximum atomic E-state index is 6.56. The van der Waals surface area contributed by atoms with Crippen LogP contribution in [0.4, 0.5) is 0 Å². The molecule has 2 bridgehead atoms. The van der Waals surface area contributed by atoms with Crippen molar-refractivity contribution in [3.8, 4) is 39.5 Å². The molecule has 4 nitrogen and oxygen atoms in total. The van der Waals surface area contributed by atoms with Crippen LogP contribution in [0.1, 0.15) is 29.5 Å². The number of hydrogen-bond donors (Lipinski definition) is 0. The van der Waals surface area contributed by atoms with Crippen molar-refractivity contribution in [1.29, 1.82) is 0 Å². The highest BCUT2D eigenvalue weighted by Gasteiger charge is 2.29. The van der Waals surface area contributed by atoms with Crippen molar-refractivity contribution in [2.75, 3.05) is 0 Å². The molecule has 0 aliphatic heterocycles. The number of aromatic nitrogens is 3. The van der Waals surface area contributed by atoms with Crippen molar-refractivity contribution in [2.24, 2.45) is 0 Å². The summed E-state index contributed by atoms with van der Waals surface area (Å²) in [6, 6.07) is 52.1. The van der Waals surface area contributed by atoms with E-state index in [1.807, 2.05) is 18.2 Å². The zero-order valence-corrected chi connectivity index (χ0v) is 28.2. The predicted molar refractivity (Wildman–Crippen MR) is 210 cm³/mol. The Hall–Kier alpha value is -6.52. The average Bonchev–Trinajstić information content (AvgIpc) is 3.72. The molecule has 1 atom stereocenters. The van der Waals surface area contributed by atoms with Crippen LogP contribution >= 0.6 is 0 Å². The van der Waals surface area contributed by atoms with Crippen LogP contribution in [-0.2, 0) is 0 Å². The lowest BCUT2D eigenvalue weighted by Crippen LogP contribution is -2.07. The van der Waals surface area contributed by atoms with Gasteiger partial charge in [0.25, 0.3) is 0 Å². The fourth-order valence-corrected chi connectivity index (χ4v) is 8.66. The van der Waals surface area contributed by atoms with E-state index in [1.165, 1.54) is 55.1 Å². The molecular weight excluding hydrogens is 623 g/mol. The van der Waals surface area contributed by atoms with Crippen molar-refractivity contribution in [1.82, 2.24) is 14.5 Å². The van der Waals surface area contributed by atoms with E-state index >= 15 is 0 Å². The van der Waals surface area contributed by atoms with Crippen LogP contribution in [0.3, 0.4) is 0 Å². The van der Waals surface area contributed by atoms with Crippen molar-refractivity contribution < 1.29 is 4.42 Å². The number of rotatable bonds is 2. The van der Waals surface area contributed by atoms with E-state index in [0.29, 0.717) is 11.5 Å². The molecule has 0 fully saturated rings. The zero-order valence-electron chi connectivity index (χ0n) is 28.2. The van der Waals surface area contributed by atoms with Gasteiger partial charge in [-0.05, 0) is 87.0 Å². The van der Waals surface area contributed by atoms with Crippen LogP contribution in [0, 0.1) is 6.92 Å². The third kappa shape index (κ3) is 3.96. The number of furan rings is 1. The summed E-state index contributed by atoms with van der Waals surface area (Å²) < 4.78 is 8.84. The van der Waals surface area contributed by atoms with Crippen LogP contribution in [0.15, 0.2) is 150 Å². The van der Waals surface area contributed by atoms with Gasteiger partial charge in [0.1, 0.15) is 16.8 Å². The lowest BCUT2D eigenvalue weighted by Gasteiger charge is -2.27. The summed E-state index contributed by atoms with van der Waals surface area (Å²) in [4.78, 5) is 10.8. The quantitative estimate of drug-likeness (QED) is 0.186. The summed E-state index contributed by atoms with van der Waals surface area (Å²) >= 11 is 0. The van der Waals surface area contributed by atoms with Gasteiger partial charge in [-0.1, -0.05) is 122 Å². The predicted octanol–water partition coefficient (Wildman–Crippen LogP) is 12.4. The van der Waals surface area contributed by atoms with E-state index in [9.17, 15) is 0 Å². The van der Waals surface area contributed by atoms with Gasteiger partial charge in [0.05, 0.1) is 11.0 Å². The Kier molecular flexibility index (Phi) is 5.83. The van der Waals surface area contributed by atoms with Crippen molar-refractivity contribution in [3.63, 3.8) is 0 Å². The third-order valence-electron chi connectivity index (χ3n) is 11.1. The van der Waals surface area contributed by atoms with Gasteiger partial charge < -0.3 is 4.42 Å². The summed E-state index contributed by atoms with van der Waals surface area (Å²) in [7, 11) is 0. The van der Waals surface area contributed by atoms with Gasteiger partial charge in [0.2, 0.25) is 5.95 Å². The van der Waals surface area contributed by atoms with Gasteiger partial charge in [-0.25, -0.2) is 9.97 Å². The average molecular weight is 654 g/mol. The maximum absolute atomic E-state index is 6.56. The van der Waals surface area contributed by atoms with Crippen molar-refractivity contribution >= 4 is 54.6 Å². The Morgan fingerprint density at radius 3 is 2.14 bits per heavy atom. The first-order valence-corrected chi connectivity index (χ1v) is 17.6. The molecule has 1 aliphatic rings. The molecule has 3 heterocycles. The lowest BCUT2D eigenvalue weighted by molar-refractivity contribution is 0.666. The first-order chi connectivity index (χ1) is 25.1. The molecule has 3 aromatic heterocycles. The highest BCUT2D eigenvalue weighted by atomic mass is 16.3. The minimum absolute atomic E-state index is 0.239. The molecule has 51 heavy (non-hydrogen) atoms. The van der Waals surface area contributed by atoms with Crippen molar-refractivity contribution in [3.05, 3.63) is 162 Å². The molecule has 4 heteroatoms. The number of benzene rings is 7. The molecule has 0 spiro atoms. The molecule has 0 saturated heterocycles. The van der Waals surface area contributed by atoms with E-state index in [2.05, 4.69) is 146 Å². The first-order valence-electron chi connectivity index (χ1n) is 17.6. The van der Waals surface area contributed by atoms with Gasteiger partial charge >= 0.3 is 0 Å². The highest BCUT2D eigenvalue weighted by Crippen LogP contribution is 2.50. The summed E-state index contributed by atoms with van der Waals surface area (Å²) in [6.45, 7) is 4.63. The third-order valence-corrected chi connectivity index (χ3v) is 11.1. The summed E-state index contributed by atoms with van der Waals surface area (Å²) in [5, 5.41) is 5.72. The van der Waals surface area contributed by atoms with Gasteiger partial charge in [-0.3, -0.25) is 4.57 Å². The number of hydrogen-bond acceptors (Lipinski definition) is 3. The normalized spacial score (nSPS) is 13.9.